The Bertz CT molecular complexity index is 896. The van der Waals surface area contributed by atoms with Crippen LogP contribution in [0.1, 0.15) is 10.4 Å². The highest BCUT2D eigenvalue weighted by molar-refractivity contribution is 7.00. The number of aromatic nitrogens is 2. The van der Waals surface area contributed by atoms with Gasteiger partial charge in [-0.25, -0.2) is 0 Å². The van der Waals surface area contributed by atoms with E-state index in [2.05, 4.69) is 14.1 Å². The van der Waals surface area contributed by atoms with Gasteiger partial charge in [-0.15, -0.1) is 0 Å². The number of carbonyl (C=O) groups is 1. The zero-order valence-corrected chi connectivity index (χ0v) is 12.4. The molecule has 0 saturated heterocycles. The van der Waals surface area contributed by atoms with Crippen molar-refractivity contribution in [3.63, 3.8) is 0 Å². The smallest absolute Gasteiger partial charge is 0.270 e. The minimum atomic E-state index is -0.585. The quantitative estimate of drug-likeness (QED) is 0.583. The Morgan fingerprint density at radius 2 is 2.09 bits per heavy atom. The number of amides is 1. The lowest BCUT2D eigenvalue weighted by atomic mass is 10.1. The van der Waals surface area contributed by atoms with E-state index >= 15 is 0 Å². The monoisotopic (exact) mass is 334 g/mol. The summed E-state index contributed by atoms with van der Waals surface area (Å²) in [7, 11) is 0. The van der Waals surface area contributed by atoms with E-state index in [1.165, 1.54) is 12.1 Å². The van der Waals surface area contributed by atoms with Crippen molar-refractivity contribution < 1.29 is 9.72 Å². The summed E-state index contributed by atoms with van der Waals surface area (Å²) < 4.78 is 8.19. The summed E-state index contributed by atoms with van der Waals surface area (Å²) in [4.78, 5) is 22.5. The maximum absolute atomic E-state index is 12.3. The van der Waals surface area contributed by atoms with Crippen LogP contribution >= 0.6 is 23.3 Å². The van der Waals surface area contributed by atoms with E-state index in [1.54, 1.807) is 18.2 Å². The molecule has 0 aliphatic heterocycles. The number of nitro benzene ring substituents is 1. The van der Waals surface area contributed by atoms with Crippen LogP contribution in [0.3, 0.4) is 0 Å². The fourth-order valence-corrected chi connectivity index (χ4v) is 2.65. The Labute approximate surface area is 133 Å². The molecule has 0 aliphatic rings. The van der Waals surface area contributed by atoms with Gasteiger partial charge in [0.1, 0.15) is 11.0 Å². The van der Waals surface area contributed by atoms with E-state index in [4.69, 9.17) is 11.6 Å². The van der Waals surface area contributed by atoms with Crippen LogP contribution in [0.2, 0.25) is 5.02 Å². The molecule has 0 radical (unpaired) electrons. The lowest BCUT2D eigenvalue weighted by Gasteiger charge is -2.07. The zero-order valence-electron chi connectivity index (χ0n) is 10.8. The first-order chi connectivity index (χ1) is 10.6. The van der Waals surface area contributed by atoms with Gasteiger partial charge in [0, 0.05) is 12.1 Å². The van der Waals surface area contributed by atoms with Crippen molar-refractivity contribution in [2.24, 2.45) is 0 Å². The number of fused-ring (bicyclic) bond motifs is 1. The fraction of sp³-hybridized carbons (Fsp3) is 0. The molecule has 2 aromatic carbocycles. The molecule has 110 valence electrons. The first kappa shape index (κ1) is 14.4. The first-order valence-corrected chi connectivity index (χ1v) is 7.13. The number of halogens is 1. The number of hydrogen-bond donors (Lipinski definition) is 1. The highest BCUT2D eigenvalue weighted by Gasteiger charge is 2.17. The second-order valence-corrected chi connectivity index (χ2v) is 5.25. The molecule has 9 heteroatoms. The number of non-ortho nitro benzene ring substituents is 1. The number of nitrogens with one attached hydrogen (secondary N) is 1. The molecule has 0 saturated carbocycles. The third-order valence-corrected chi connectivity index (χ3v) is 3.81. The van der Waals surface area contributed by atoms with Crippen LogP contribution in [0.25, 0.3) is 11.0 Å². The van der Waals surface area contributed by atoms with E-state index in [1.807, 2.05) is 0 Å². The first-order valence-electron chi connectivity index (χ1n) is 6.03. The summed E-state index contributed by atoms with van der Waals surface area (Å²) in [5, 5.41) is 13.6. The van der Waals surface area contributed by atoms with Crippen molar-refractivity contribution in [3.05, 3.63) is 57.1 Å². The normalized spacial score (nSPS) is 10.6. The Balaban J connectivity index is 1.96. The molecule has 1 heterocycles. The summed E-state index contributed by atoms with van der Waals surface area (Å²) in [5.41, 5.74) is 1.51. The zero-order chi connectivity index (χ0) is 15.7. The third kappa shape index (κ3) is 2.61. The molecule has 7 nitrogen and oxygen atoms in total. The molecule has 0 unspecified atom stereocenters. The standard InChI is InChI=1S/C13H7ClN4O3S/c14-9-5-4-7(18(20)21)6-8(9)13(19)15-10-2-1-3-11-12(10)17-22-16-11/h1-6H,(H,15,19). The molecule has 1 N–H and O–H groups in total. The molecule has 22 heavy (non-hydrogen) atoms. The van der Waals surface area contributed by atoms with Crippen LogP contribution in [0.15, 0.2) is 36.4 Å². The molecule has 0 fully saturated rings. The molecule has 0 aliphatic carbocycles. The van der Waals surface area contributed by atoms with Crippen LogP contribution in [0.4, 0.5) is 11.4 Å². The number of anilines is 1. The van der Waals surface area contributed by atoms with E-state index in [-0.39, 0.29) is 16.3 Å². The second kappa shape index (κ2) is 5.66. The van der Waals surface area contributed by atoms with Crippen molar-refractivity contribution in [2.45, 2.75) is 0 Å². The predicted octanol–water partition coefficient (Wildman–Crippen LogP) is 3.51. The predicted molar refractivity (Wildman–Crippen MR) is 83.5 cm³/mol. The lowest BCUT2D eigenvalue weighted by molar-refractivity contribution is -0.384. The van der Waals surface area contributed by atoms with Gasteiger partial charge in [0.25, 0.3) is 11.6 Å². The van der Waals surface area contributed by atoms with Crippen LogP contribution in [-0.2, 0) is 0 Å². The molecule has 1 amide bonds. The highest BCUT2D eigenvalue weighted by Crippen LogP contribution is 2.25. The molecule has 3 aromatic rings. The fourth-order valence-electron chi connectivity index (χ4n) is 1.90. The summed E-state index contributed by atoms with van der Waals surface area (Å²) in [5.74, 6) is -0.547. The minimum Gasteiger partial charge on any atom is -0.320 e. The average Bonchev–Trinajstić information content (AvgIpc) is 2.97. The molecule has 0 spiro atoms. The maximum Gasteiger partial charge on any atom is 0.270 e. The lowest BCUT2D eigenvalue weighted by Crippen LogP contribution is -2.13. The Kier molecular flexibility index (Phi) is 3.70. The number of nitrogens with zero attached hydrogens (tertiary/aromatic N) is 3. The minimum absolute atomic E-state index is 0.0241. The summed E-state index contributed by atoms with van der Waals surface area (Å²) >= 11 is 6.98. The van der Waals surface area contributed by atoms with E-state index < -0.39 is 10.8 Å². The van der Waals surface area contributed by atoms with Gasteiger partial charge in [-0.3, -0.25) is 14.9 Å². The van der Waals surface area contributed by atoms with Crippen molar-refractivity contribution in [1.29, 1.82) is 0 Å². The number of nitro groups is 1. The summed E-state index contributed by atoms with van der Waals surface area (Å²) in [6, 6.07) is 8.87. The molecule has 3 rings (SSSR count). The molecule has 1 aromatic heterocycles. The van der Waals surface area contributed by atoms with Crippen LogP contribution in [0, 0.1) is 10.1 Å². The number of rotatable bonds is 3. The molecular weight excluding hydrogens is 328 g/mol. The Hall–Kier alpha value is -2.58. The van der Waals surface area contributed by atoms with Gasteiger partial charge in [0.2, 0.25) is 0 Å². The third-order valence-electron chi connectivity index (χ3n) is 2.94. The second-order valence-electron chi connectivity index (χ2n) is 4.31. The van der Waals surface area contributed by atoms with Crippen molar-refractivity contribution in [3.8, 4) is 0 Å². The van der Waals surface area contributed by atoms with Crippen LogP contribution < -0.4 is 5.32 Å². The van der Waals surface area contributed by atoms with Gasteiger partial charge in [0.05, 0.1) is 32.9 Å². The largest absolute Gasteiger partial charge is 0.320 e. The van der Waals surface area contributed by atoms with Gasteiger partial charge >= 0.3 is 0 Å². The van der Waals surface area contributed by atoms with E-state index in [0.717, 1.165) is 17.8 Å². The molecular formula is C13H7ClN4O3S. The van der Waals surface area contributed by atoms with Crippen LogP contribution in [0.5, 0.6) is 0 Å². The topological polar surface area (TPSA) is 98.0 Å². The Morgan fingerprint density at radius 1 is 1.27 bits per heavy atom. The van der Waals surface area contributed by atoms with Gasteiger partial charge < -0.3 is 5.32 Å². The number of carbonyl (C=O) groups excluding carboxylic acids is 1. The van der Waals surface area contributed by atoms with Gasteiger partial charge in [-0.2, -0.15) is 8.75 Å². The summed E-state index contributed by atoms with van der Waals surface area (Å²) in [6.45, 7) is 0. The van der Waals surface area contributed by atoms with Gasteiger partial charge in [-0.05, 0) is 18.2 Å². The van der Waals surface area contributed by atoms with Crippen molar-refractivity contribution >= 4 is 51.6 Å². The van der Waals surface area contributed by atoms with E-state index in [0.29, 0.717) is 16.7 Å². The average molecular weight is 335 g/mol. The van der Waals surface area contributed by atoms with Crippen molar-refractivity contribution in [1.82, 2.24) is 8.75 Å². The number of hydrogen-bond acceptors (Lipinski definition) is 6. The summed E-state index contributed by atoms with van der Waals surface area (Å²) in [6.07, 6.45) is 0. The van der Waals surface area contributed by atoms with E-state index in [9.17, 15) is 14.9 Å². The number of benzene rings is 2. The SMILES string of the molecule is O=C(Nc1cccc2nsnc12)c1cc([N+](=O)[O-])ccc1Cl. The Morgan fingerprint density at radius 3 is 2.86 bits per heavy atom. The molecule has 0 atom stereocenters. The van der Waals surface area contributed by atoms with Crippen molar-refractivity contribution in [2.75, 3.05) is 5.32 Å². The molecule has 0 bridgehead atoms. The van der Waals surface area contributed by atoms with Gasteiger partial charge in [-0.1, -0.05) is 17.7 Å². The van der Waals surface area contributed by atoms with Crippen LogP contribution in [-0.4, -0.2) is 19.6 Å². The highest BCUT2D eigenvalue weighted by atomic mass is 35.5. The van der Waals surface area contributed by atoms with Gasteiger partial charge in [0.15, 0.2) is 0 Å². The maximum atomic E-state index is 12.3.